The monoisotopic (exact) mass is 284 g/mol. The van der Waals surface area contributed by atoms with Gasteiger partial charge in [0.25, 0.3) is 0 Å². The summed E-state index contributed by atoms with van der Waals surface area (Å²) in [5.41, 5.74) is 0.614. The van der Waals surface area contributed by atoms with Gasteiger partial charge in [0.15, 0.2) is 0 Å². The molecule has 4 nitrogen and oxygen atoms in total. The number of nitrogens with zero attached hydrogens (tertiary/aromatic N) is 1. The van der Waals surface area contributed by atoms with E-state index < -0.39 is 26.6 Å². The summed E-state index contributed by atoms with van der Waals surface area (Å²) in [6, 6.07) is 5.58. The second-order valence-corrected chi connectivity index (χ2v) is 5.50. The van der Waals surface area contributed by atoms with Gasteiger partial charge in [-0.05, 0) is 29.8 Å². The summed E-state index contributed by atoms with van der Waals surface area (Å²) < 4.78 is 52.2. The van der Waals surface area contributed by atoms with Crippen molar-refractivity contribution in [2.45, 2.75) is 11.4 Å². The van der Waals surface area contributed by atoms with Crippen molar-refractivity contribution in [3.05, 3.63) is 59.9 Å². The number of halogens is 2. The van der Waals surface area contributed by atoms with E-state index in [1.165, 1.54) is 6.20 Å². The van der Waals surface area contributed by atoms with Gasteiger partial charge in [0, 0.05) is 18.9 Å². The lowest BCUT2D eigenvalue weighted by molar-refractivity contribution is 0.545. The summed E-state index contributed by atoms with van der Waals surface area (Å²) in [4.78, 5) is 3.11. The summed E-state index contributed by atoms with van der Waals surface area (Å²) in [7, 11) is -4.10. The van der Waals surface area contributed by atoms with Gasteiger partial charge in [-0.2, -0.15) is 0 Å². The van der Waals surface area contributed by atoms with Crippen molar-refractivity contribution in [1.82, 2.24) is 9.71 Å². The average molecular weight is 284 g/mol. The zero-order chi connectivity index (χ0) is 13.9. The molecular weight excluding hydrogens is 274 g/mol. The molecule has 0 fully saturated rings. The lowest BCUT2D eigenvalue weighted by Gasteiger charge is -2.07. The molecule has 0 aliphatic carbocycles. The molecule has 1 aromatic heterocycles. The van der Waals surface area contributed by atoms with Crippen LogP contribution >= 0.6 is 0 Å². The zero-order valence-corrected chi connectivity index (χ0v) is 10.5. The molecule has 100 valence electrons. The molecule has 0 aliphatic heterocycles. The Morgan fingerprint density at radius 1 is 1.21 bits per heavy atom. The number of aromatic nitrogens is 1. The number of benzene rings is 1. The first-order valence-corrected chi connectivity index (χ1v) is 6.81. The highest BCUT2D eigenvalue weighted by Crippen LogP contribution is 2.15. The highest BCUT2D eigenvalue weighted by atomic mass is 32.2. The van der Waals surface area contributed by atoms with Gasteiger partial charge >= 0.3 is 0 Å². The minimum absolute atomic E-state index is 0.0495. The highest BCUT2D eigenvalue weighted by molar-refractivity contribution is 7.89. The van der Waals surface area contributed by atoms with E-state index in [9.17, 15) is 17.2 Å². The lowest BCUT2D eigenvalue weighted by atomic mass is 10.3. The first-order valence-electron chi connectivity index (χ1n) is 5.33. The van der Waals surface area contributed by atoms with E-state index >= 15 is 0 Å². The Morgan fingerprint density at radius 3 is 2.68 bits per heavy atom. The molecule has 0 saturated carbocycles. The van der Waals surface area contributed by atoms with Gasteiger partial charge in [0.2, 0.25) is 10.0 Å². The maximum absolute atomic E-state index is 13.4. The molecule has 1 heterocycles. The van der Waals surface area contributed by atoms with Crippen LogP contribution in [0.3, 0.4) is 0 Å². The molecule has 0 aliphatic rings. The predicted molar refractivity (Wildman–Crippen MR) is 64.6 cm³/mol. The SMILES string of the molecule is O=S(=O)(NCc1cccnc1)c1cc(F)ccc1F. The molecule has 0 bridgehead atoms. The highest BCUT2D eigenvalue weighted by Gasteiger charge is 2.19. The fourth-order valence-corrected chi connectivity index (χ4v) is 2.55. The minimum atomic E-state index is -4.10. The maximum Gasteiger partial charge on any atom is 0.243 e. The predicted octanol–water partition coefficient (Wildman–Crippen LogP) is 1.84. The van der Waals surface area contributed by atoms with Crippen LogP contribution in [-0.2, 0) is 16.6 Å². The summed E-state index contributed by atoms with van der Waals surface area (Å²) in [5.74, 6) is -1.82. The number of hydrogen-bond acceptors (Lipinski definition) is 3. The topological polar surface area (TPSA) is 59.1 Å². The van der Waals surface area contributed by atoms with Crippen LogP contribution in [0.5, 0.6) is 0 Å². The normalized spacial score (nSPS) is 11.5. The lowest BCUT2D eigenvalue weighted by Crippen LogP contribution is -2.24. The average Bonchev–Trinajstić information content (AvgIpc) is 2.40. The van der Waals surface area contributed by atoms with E-state index in [0.717, 1.165) is 12.1 Å². The Bertz CT molecular complexity index is 675. The van der Waals surface area contributed by atoms with E-state index in [-0.39, 0.29) is 6.54 Å². The van der Waals surface area contributed by atoms with E-state index in [0.29, 0.717) is 11.6 Å². The molecule has 2 aromatic rings. The molecule has 19 heavy (non-hydrogen) atoms. The molecule has 7 heteroatoms. The first-order chi connectivity index (χ1) is 8.99. The Morgan fingerprint density at radius 2 is 2.00 bits per heavy atom. The minimum Gasteiger partial charge on any atom is -0.264 e. The smallest absolute Gasteiger partial charge is 0.243 e. The first kappa shape index (κ1) is 13.6. The number of rotatable bonds is 4. The van der Waals surface area contributed by atoms with Crippen LogP contribution in [0.2, 0.25) is 0 Å². The number of sulfonamides is 1. The van der Waals surface area contributed by atoms with Crippen molar-refractivity contribution in [2.24, 2.45) is 0 Å². The van der Waals surface area contributed by atoms with Crippen molar-refractivity contribution in [2.75, 3.05) is 0 Å². The van der Waals surface area contributed by atoms with Gasteiger partial charge in [-0.25, -0.2) is 21.9 Å². The van der Waals surface area contributed by atoms with Crippen LogP contribution < -0.4 is 4.72 Å². The molecule has 2 rings (SSSR count). The fraction of sp³-hybridized carbons (Fsp3) is 0.0833. The van der Waals surface area contributed by atoms with E-state index in [2.05, 4.69) is 9.71 Å². The van der Waals surface area contributed by atoms with Crippen LogP contribution in [0.1, 0.15) is 5.56 Å². The number of hydrogen-bond donors (Lipinski definition) is 1. The van der Waals surface area contributed by atoms with Gasteiger partial charge in [0.1, 0.15) is 16.5 Å². The Balaban J connectivity index is 2.21. The van der Waals surface area contributed by atoms with Crippen LogP contribution in [0, 0.1) is 11.6 Å². The molecule has 0 radical (unpaired) electrons. The van der Waals surface area contributed by atoms with E-state index in [1.807, 2.05) is 0 Å². The van der Waals surface area contributed by atoms with Gasteiger partial charge in [-0.15, -0.1) is 0 Å². The van der Waals surface area contributed by atoms with Crippen LogP contribution in [0.25, 0.3) is 0 Å². The van der Waals surface area contributed by atoms with Crippen molar-refractivity contribution in [1.29, 1.82) is 0 Å². The second kappa shape index (κ2) is 5.41. The Hall–Kier alpha value is -1.86. The molecule has 0 amide bonds. The van der Waals surface area contributed by atoms with Gasteiger partial charge in [-0.3, -0.25) is 4.98 Å². The van der Waals surface area contributed by atoms with Crippen molar-refractivity contribution in [3.8, 4) is 0 Å². The quantitative estimate of drug-likeness (QED) is 0.932. The Kier molecular flexibility index (Phi) is 3.87. The molecule has 0 unspecified atom stereocenters. The molecule has 0 saturated heterocycles. The Labute approximate surface area is 109 Å². The van der Waals surface area contributed by atoms with Crippen LogP contribution in [-0.4, -0.2) is 13.4 Å². The third-order valence-electron chi connectivity index (χ3n) is 2.37. The molecule has 0 spiro atoms. The van der Waals surface area contributed by atoms with Gasteiger partial charge in [0.05, 0.1) is 0 Å². The standard InChI is InChI=1S/C12H10F2N2O2S/c13-10-3-4-11(14)12(6-10)19(17,18)16-8-9-2-1-5-15-7-9/h1-7,16H,8H2. The molecule has 1 N–H and O–H groups in total. The van der Waals surface area contributed by atoms with Crippen molar-refractivity contribution in [3.63, 3.8) is 0 Å². The summed E-state index contributed by atoms with van der Waals surface area (Å²) in [6.45, 7) is -0.0495. The van der Waals surface area contributed by atoms with Gasteiger partial charge in [-0.1, -0.05) is 6.07 Å². The summed E-state index contributed by atoms with van der Waals surface area (Å²) in [5, 5.41) is 0. The molecule has 1 aromatic carbocycles. The third-order valence-corrected chi connectivity index (χ3v) is 3.79. The van der Waals surface area contributed by atoms with Crippen molar-refractivity contribution < 1.29 is 17.2 Å². The van der Waals surface area contributed by atoms with Gasteiger partial charge < -0.3 is 0 Å². The zero-order valence-electron chi connectivity index (χ0n) is 9.68. The fourth-order valence-electron chi connectivity index (χ4n) is 1.44. The second-order valence-electron chi connectivity index (χ2n) is 3.76. The largest absolute Gasteiger partial charge is 0.264 e. The van der Waals surface area contributed by atoms with E-state index in [4.69, 9.17) is 0 Å². The van der Waals surface area contributed by atoms with Crippen LogP contribution in [0.15, 0.2) is 47.6 Å². The van der Waals surface area contributed by atoms with E-state index in [1.54, 1.807) is 18.3 Å². The number of nitrogens with one attached hydrogen (secondary N) is 1. The van der Waals surface area contributed by atoms with Crippen LogP contribution in [0.4, 0.5) is 8.78 Å². The van der Waals surface area contributed by atoms with Crippen molar-refractivity contribution >= 4 is 10.0 Å². The molecule has 0 atom stereocenters. The summed E-state index contributed by atoms with van der Waals surface area (Å²) in [6.07, 6.45) is 3.02. The molecular formula is C12H10F2N2O2S. The number of pyridine rings is 1. The summed E-state index contributed by atoms with van der Waals surface area (Å²) >= 11 is 0. The maximum atomic E-state index is 13.4. The third kappa shape index (κ3) is 3.33.